The summed E-state index contributed by atoms with van der Waals surface area (Å²) in [5, 5.41) is 10.4. The van der Waals surface area contributed by atoms with Crippen molar-refractivity contribution in [1.82, 2.24) is 14.8 Å². The number of aromatic nitrogens is 3. The van der Waals surface area contributed by atoms with E-state index in [0.717, 1.165) is 16.7 Å². The molecule has 0 bridgehead atoms. The average Bonchev–Trinajstić information content (AvgIpc) is 3.29. The number of anilines is 1. The van der Waals surface area contributed by atoms with Crippen molar-refractivity contribution in [3.05, 3.63) is 76.8 Å². The van der Waals surface area contributed by atoms with Crippen molar-refractivity contribution in [3.63, 3.8) is 0 Å². The fraction of sp³-hybridized carbons (Fsp3) is 0.261. The van der Waals surface area contributed by atoms with Crippen molar-refractivity contribution in [2.24, 2.45) is 5.10 Å². The lowest BCUT2D eigenvalue weighted by Crippen LogP contribution is -2.36. The number of hydrogen-bond acceptors (Lipinski definition) is 6. The Kier molecular flexibility index (Phi) is 6.32. The van der Waals surface area contributed by atoms with Gasteiger partial charge in [0, 0.05) is 17.9 Å². The van der Waals surface area contributed by atoms with Crippen LogP contribution in [0.15, 0.2) is 60.2 Å². The van der Waals surface area contributed by atoms with Gasteiger partial charge in [-0.25, -0.2) is 14.5 Å². The van der Waals surface area contributed by atoms with Gasteiger partial charge in [0.1, 0.15) is 24.5 Å². The number of hydrogen-bond donors (Lipinski definition) is 0. The quantitative estimate of drug-likeness (QED) is 0.528. The molecule has 4 rings (SSSR count). The van der Waals surface area contributed by atoms with E-state index in [1.54, 1.807) is 35.3 Å². The maximum absolute atomic E-state index is 13.1. The van der Waals surface area contributed by atoms with Gasteiger partial charge < -0.3 is 4.74 Å². The normalized spacial score (nSPS) is 14.8. The molecular formula is C23H22ClN5O3. The summed E-state index contributed by atoms with van der Waals surface area (Å²) in [6, 6.07) is 12.8. The highest BCUT2D eigenvalue weighted by Gasteiger charge is 2.29. The standard InChI is InChI=1S/C23H22ClN5O3/c1-15-3-4-16(2)20(11-15)29-22(30)10-9-19(27-29)23(31)32-21(12-28-14-25-13-26-28)17-5-7-18(24)8-6-17/h3-8,11,13-14,21H,9-10,12H2,1-2H3. The summed E-state index contributed by atoms with van der Waals surface area (Å²) in [4.78, 5) is 29.5. The molecule has 8 nitrogen and oxygen atoms in total. The number of esters is 1. The van der Waals surface area contributed by atoms with Crippen LogP contribution in [0.1, 0.15) is 35.6 Å². The molecular weight excluding hydrogens is 430 g/mol. The highest BCUT2D eigenvalue weighted by molar-refractivity contribution is 6.38. The van der Waals surface area contributed by atoms with Gasteiger partial charge in [-0.15, -0.1) is 0 Å². The van der Waals surface area contributed by atoms with Gasteiger partial charge in [0.2, 0.25) is 5.91 Å². The number of benzene rings is 2. The molecule has 3 aromatic rings. The van der Waals surface area contributed by atoms with Gasteiger partial charge in [-0.1, -0.05) is 35.9 Å². The van der Waals surface area contributed by atoms with Crippen molar-refractivity contribution >= 4 is 34.9 Å². The SMILES string of the molecule is Cc1ccc(C)c(N2N=C(C(=O)OC(Cn3cncn3)c3ccc(Cl)cc3)CCC2=O)c1. The molecule has 0 N–H and O–H groups in total. The van der Waals surface area contributed by atoms with E-state index in [1.165, 1.54) is 11.3 Å². The molecule has 1 aliphatic heterocycles. The zero-order valence-electron chi connectivity index (χ0n) is 17.7. The minimum atomic E-state index is -0.629. The summed E-state index contributed by atoms with van der Waals surface area (Å²) in [5.41, 5.74) is 3.52. The molecule has 1 unspecified atom stereocenters. The summed E-state index contributed by atoms with van der Waals surface area (Å²) in [7, 11) is 0. The number of aryl methyl sites for hydroxylation is 2. The summed E-state index contributed by atoms with van der Waals surface area (Å²) in [5.74, 6) is -0.736. The molecule has 164 valence electrons. The first kappa shape index (κ1) is 21.7. The Labute approximate surface area is 190 Å². The Hall–Kier alpha value is -3.52. The zero-order valence-corrected chi connectivity index (χ0v) is 18.5. The highest BCUT2D eigenvalue weighted by atomic mass is 35.5. The molecule has 1 aliphatic rings. The van der Waals surface area contributed by atoms with Gasteiger partial charge in [0.05, 0.1) is 12.2 Å². The third-order valence-corrected chi connectivity index (χ3v) is 5.42. The van der Waals surface area contributed by atoms with Crippen LogP contribution < -0.4 is 5.01 Å². The van der Waals surface area contributed by atoms with E-state index in [-0.39, 0.29) is 31.0 Å². The number of halogens is 1. The second-order valence-electron chi connectivity index (χ2n) is 7.61. The molecule has 2 aromatic carbocycles. The number of amides is 1. The topological polar surface area (TPSA) is 89.7 Å². The number of nitrogens with zero attached hydrogens (tertiary/aromatic N) is 5. The molecule has 0 saturated heterocycles. The average molecular weight is 452 g/mol. The van der Waals surface area contributed by atoms with Crippen LogP contribution in [0.2, 0.25) is 5.02 Å². The summed E-state index contributed by atoms with van der Waals surface area (Å²) in [6.07, 6.45) is 2.73. The first-order chi connectivity index (χ1) is 15.4. The fourth-order valence-corrected chi connectivity index (χ4v) is 3.54. The Morgan fingerprint density at radius 2 is 1.94 bits per heavy atom. The van der Waals surface area contributed by atoms with Crippen LogP contribution >= 0.6 is 11.6 Å². The highest BCUT2D eigenvalue weighted by Crippen LogP contribution is 2.27. The summed E-state index contributed by atoms with van der Waals surface area (Å²) < 4.78 is 7.41. The lowest BCUT2D eigenvalue weighted by molar-refractivity contribution is -0.142. The molecule has 1 amide bonds. The van der Waals surface area contributed by atoms with Gasteiger partial charge in [0.15, 0.2) is 0 Å². The van der Waals surface area contributed by atoms with Crippen molar-refractivity contribution in [2.75, 3.05) is 5.01 Å². The number of rotatable bonds is 6. The molecule has 0 aliphatic carbocycles. The van der Waals surface area contributed by atoms with Gasteiger partial charge in [-0.2, -0.15) is 15.2 Å². The zero-order chi connectivity index (χ0) is 22.7. The fourth-order valence-electron chi connectivity index (χ4n) is 3.42. The molecule has 0 spiro atoms. The number of carbonyl (C=O) groups is 2. The predicted octanol–water partition coefficient (Wildman–Crippen LogP) is 4.02. The Bertz CT molecular complexity index is 1160. The van der Waals surface area contributed by atoms with E-state index in [0.29, 0.717) is 10.7 Å². The molecule has 0 saturated carbocycles. The molecule has 0 fully saturated rings. The van der Waals surface area contributed by atoms with Crippen molar-refractivity contribution in [3.8, 4) is 0 Å². The summed E-state index contributed by atoms with van der Waals surface area (Å²) >= 11 is 6.01. The third-order valence-electron chi connectivity index (χ3n) is 5.17. The van der Waals surface area contributed by atoms with Gasteiger partial charge in [-0.05, 0) is 48.7 Å². The second-order valence-corrected chi connectivity index (χ2v) is 8.04. The smallest absolute Gasteiger partial charge is 0.355 e. The minimum absolute atomic E-state index is 0.160. The molecule has 1 atom stereocenters. The van der Waals surface area contributed by atoms with Crippen LogP contribution in [-0.2, 0) is 20.9 Å². The van der Waals surface area contributed by atoms with Crippen LogP contribution in [0.5, 0.6) is 0 Å². The van der Waals surface area contributed by atoms with Crippen molar-refractivity contribution < 1.29 is 14.3 Å². The van der Waals surface area contributed by atoms with Crippen molar-refractivity contribution in [1.29, 1.82) is 0 Å². The number of hydrazone groups is 1. The molecule has 2 heterocycles. The minimum Gasteiger partial charge on any atom is -0.451 e. The van der Waals surface area contributed by atoms with E-state index < -0.39 is 12.1 Å². The third kappa shape index (κ3) is 4.86. The Morgan fingerprint density at radius 3 is 2.66 bits per heavy atom. The largest absolute Gasteiger partial charge is 0.451 e. The van der Waals surface area contributed by atoms with Crippen molar-refractivity contribution in [2.45, 2.75) is 39.3 Å². The number of carbonyl (C=O) groups excluding carboxylic acids is 2. The van der Waals surface area contributed by atoms with Crippen LogP contribution in [0.3, 0.4) is 0 Å². The van der Waals surface area contributed by atoms with Gasteiger partial charge in [-0.3, -0.25) is 4.79 Å². The van der Waals surface area contributed by atoms with Crippen LogP contribution in [0.25, 0.3) is 0 Å². The Morgan fingerprint density at radius 1 is 1.16 bits per heavy atom. The van der Waals surface area contributed by atoms with E-state index >= 15 is 0 Å². The van der Waals surface area contributed by atoms with E-state index in [2.05, 4.69) is 15.2 Å². The van der Waals surface area contributed by atoms with E-state index in [4.69, 9.17) is 16.3 Å². The lowest BCUT2D eigenvalue weighted by Gasteiger charge is -2.25. The first-order valence-electron chi connectivity index (χ1n) is 10.2. The van der Waals surface area contributed by atoms with Crippen LogP contribution in [0.4, 0.5) is 5.69 Å². The predicted molar refractivity (Wildman–Crippen MR) is 120 cm³/mol. The molecule has 1 aromatic heterocycles. The second kappa shape index (κ2) is 9.32. The van der Waals surface area contributed by atoms with Crippen LogP contribution in [-0.4, -0.2) is 32.4 Å². The molecule has 9 heteroatoms. The lowest BCUT2D eigenvalue weighted by atomic mass is 10.1. The summed E-state index contributed by atoms with van der Waals surface area (Å²) in [6.45, 7) is 4.12. The first-order valence-corrected chi connectivity index (χ1v) is 10.5. The number of ether oxygens (including phenoxy) is 1. The van der Waals surface area contributed by atoms with E-state index in [1.807, 2.05) is 32.0 Å². The Balaban J connectivity index is 1.60. The van der Waals surface area contributed by atoms with Gasteiger partial charge in [0.25, 0.3) is 0 Å². The maximum Gasteiger partial charge on any atom is 0.355 e. The van der Waals surface area contributed by atoms with E-state index in [9.17, 15) is 9.59 Å². The van der Waals surface area contributed by atoms with Crippen LogP contribution in [0, 0.1) is 13.8 Å². The molecule has 32 heavy (non-hydrogen) atoms. The molecule has 0 radical (unpaired) electrons. The monoisotopic (exact) mass is 451 g/mol. The van der Waals surface area contributed by atoms with Gasteiger partial charge >= 0.3 is 5.97 Å². The maximum atomic E-state index is 13.1.